The van der Waals surface area contributed by atoms with Crippen molar-refractivity contribution in [1.29, 1.82) is 0 Å². The number of hydrogen-bond acceptors (Lipinski definition) is 5. The zero-order chi connectivity index (χ0) is 14.4. The number of hydrazine groups is 1. The zero-order valence-corrected chi connectivity index (χ0v) is 11.4. The van der Waals surface area contributed by atoms with E-state index in [1.54, 1.807) is 20.0 Å². The van der Waals surface area contributed by atoms with Crippen molar-refractivity contribution in [2.45, 2.75) is 20.4 Å². The number of carbonyl (C=O) groups is 2. The molecule has 0 aliphatic heterocycles. The molecule has 2 amide bonds. The van der Waals surface area contributed by atoms with E-state index in [9.17, 15) is 9.59 Å². The van der Waals surface area contributed by atoms with Crippen LogP contribution < -0.4 is 16.6 Å². The van der Waals surface area contributed by atoms with Gasteiger partial charge in [-0.05, 0) is 19.5 Å². The molecule has 0 aliphatic rings. The van der Waals surface area contributed by atoms with E-state index in [1.807, 2.05) is 17.2 Å². The van der Waals surface area contributed by atoms with Gasteiger partial charge in [0.05, 0.1) is 13.1 Å². The number of nitrogens with one attached hydrogen (secondary N) is 2. The maximum atomic E-state index is 11.4. The summed E-state index contributed by atoms with van der Waals surface area (Å²) in [5, 5.41) is 2.57. The number of nitrogen functional groups attached to an aromatic ring is 1. The van der Waals surface area contributed by atoms with E-state index < -0.39 is 5.91 Å². The van der Waals surface area contributed by atoms with Crippen LogP contribution in [0.4, 0.5) is 0 Å². The third-order valence-electron chi connectivity index (χ3n) is 2.78. The lowest BCUT2D eigenvalue weighted by molar-refractivity contribution is -0.121. The molecule has 106 valence electrons. The van der Waals surface area contributed by atoms with Gasteiger partial charge in [-0.2, -0.15) is 0 Å². The van der Waals surface area contributed by atoms with Crippen molar-refractivity contribution in [3.05, 3.63) is 23.2 Å². The normalized spacial score (nSPS) is 10.6. The van der Waals surface area contributed by atoms with Gasteiger partial charge in [0.25, 0.3) is 0 Å². The van der Waals surface area contributed by atoms with E-state index in [1.165, 1.54) is 0 Å². The van der Waals surface area contributed by atoms with Crippen molar-refractivity contribution < 1.29 is 14.0 Å². The van der Waals surface area contributed by atoms with Gasteiger partial charge in [0.15, 0.2) is 5.76 Å². The summed E-state index contributed by atoms with van der Waals surface area (Å²) in [5.74, 6) is 5.37. The quantitative estimate of drug-likeness (QED) is 0.375. The molecule has 1 aromatic rings. The van der Waals surface area contributed by atoms with Gasteiger partial charge in [-0.15, -0.1) is 0 Å². The van der Waals surface area contributed by atoms with Crippen LogP contribution in [0.2, 0.25) is 0 Å². The Labute approximate surface area is 112 Å². The summed E-state index contributed by atoms with van der Waals surface area (Å²) in [7, 11) is 1.59. The number of furan rings is 1. The first-order valence-corrected chi connectivity index (χ1v) is 6.05. The third kappa shape index (κ3) is 4.08. The monoisotopic (exact) mass is 268 g/mol. The van der Waals surface area contributed by atoms with Crippen LogP contribution in [0, 0.1) is 6.92 Å². The predicted molar refractivity (Wildman–Crippen MR) is 70.1 cm³/mol. The van der Waals surface area contributed by atoms with Crippen molar-refractivity contribution in [2.24, 2.45) is 5.84 Å². The van der Waals surface area contributed by atoms with Crippen LogP contribution in [-0.2, 0) is 11.3 Å². The van der Waals surface area contributed by atoms with Crippen molar-refractivity contribution in [3.8, 4) is 0 Å². The summed E-state index contributed by atoms with van der Waals surface area (Å²) in [5.41, 5.74) is 2.75. The highest BCUT2D eigenvalue weighted by Crippen LogP contribution is 2.16. The molecule has 0 bridgehead atoms. The molecule has 0 unspecified atom stereocenters. The molecule has 7 heteroatoms. The lowest BCUT2D eigenvalue weighted by atomic mass is 10.2. The molecule has 1 aromatic heterocycles. The summed E-state index contributed by atoms with van der Waals surface area (Å²) < 4.78 is 5.45. The number of amides is 2. The smallest absolute Gasteiger partial charge is 0.301 e. The van der Waals surface area contributed by atoms with E-state index in [2.05, 4.69) is 5.32 Å². The fraction of sp³-hybridized carbons (Fsp3) is 0.500. The second kappa shape index (κ2) is 6.91. The molecule has 0 saturated carbocycles. The van der Waals surface area contributed by atoms with Gasteiger partial charge in [-0.3, -0.25) is 19.9 Å². The Hall–Kier alpha value is -1.86. The predicted octanol–water partition coefficient (Wildman–Crippen LogP) is -0.241. The molecule has 0 spiro atoms. The summed E-state index contributed by atoms with van der Waals surface area (Å²) in [4.78, 5) is 24.7. The fourth-order valence-electron chi connectivity index (χ4n) is 1.70. The Morgan fingerprint density at radius 1 is 1.47 bits per heavy atom. The van der Waals surface area contributed by atoms with Crippen molar-refractivity contribution in [3.63, 3.8) is 0 Å². The third-order valence-corrected chi connectivity index (χ3v) is 2.78. The lowest BCUT2D eigenvalue weighted by Gasteiger charge is -2.17. The largest absolute Gasteiger partial charge is 0.454 e. The Bertz CT molecular complexity index is 456. The fourth-order valence-corrected chi connectivity index (χ4v) is 1.70. The van der Waals surface area contributed by atoms with Crippen molar-refractivity contribution in [1.82, 2.24) is 15.6 Å². The Kier molecular flexibility index (Phi) is 5.53. The van der Waals surface area contributed by atoms with E-state index >= 15 is 0 Å². The number of rotatable bonds is 6. The highest BCUT2D eigenvalue weighted by atomic mass is 16.4. The minimum atomic E-state index is -0.460. The van der Waals surface area contributed by atoms with E-state index in [0.717, 1.165) is 0 Å². The van der Waals surface area contributed by atoms with Crippen molar-refractivity contribution >= 4 is 11.8 Å². The maximum absolute atomic E-state index is 11.4. The molecule has 0 aliphatic carbocycles. The topological polar surface area (TPSA) is 101 Å². The maximum Gasteiger partial charge on any atom is 0.301 e. The molecule has 0 atom stereocenters. The Balaban J connectivity index is 2.75. The molecule has 7 nitrogen and oxygen atoms in total. The number of nitrogens with two attached hydrogens (primary N) is 1. The summed E-state index contributed by atoms with van der Waals surface area (Å²) >= 11 is 0. The summed E-state index contributed by atoms with van der Waals surface area (Å²) in [6, 6.07) is 1.77. The second-order valence-electron chi connectivity index (χ2n) is 4.17. The van der Waals surface area contributed by atoms with Gasteiger partial charge >= 0.3 is 5.91 Å². The van der Waals surface area contributed by atoms with E-state index in [0.29, 0.717) is 24.4 Å². The van der Waals surface area contributed by atoms with Crippen LogP contribution in [0.1, 0.15) is 28.8 Å². The number of carbonyl (C=O) groups excluding carboxylic acids is 2. The first kappa shape index (κ1) is 15.2. The summed E-state index contributed by atoms with van der Waals surface area (Å²) in [6.07, 6.45) is 0. The molecular weight excluding hydrogens is 248 g/mol. The second-order valence-corrected chi connectivity index (χ2v) is 4.17. The van der Waals surface area contributed by atoms with E-state index in [-0.39, 0.29) is 18.2 Å². The van der Waals surface area contributed by atoms with Crippen LogP contribution in [0.25, 0.3) is 0 Å². The molecule has 0 fully saturated rings. The van der Waals surface area contributed by atoms with Crippen molar-refractivity contribution in [2.75, 3.05) is 20.1 Å². The lowest BCUT2D eigenvalue weighted by Crippen LogP contribution is -2.35. The average molecular weight is 268 g/mol. The average Bonchev–Trinajstić information content (AvgIpc) is 2.77. The van der Waals surface area contributed by atoms with Crippen LogP contribution in [-0.4, -0.2) is 36.9 Å². The first-order chi connectivity index (χ1) is 9.01. The summed E-state index contributed by atoms with van der Waals surface area (Å²) in [6.45, 7) is 5.16. The first-order valence-electron chi connectivity index (χ1n) is 6.05. The van der Waals surface area contributed by atoms with Gasteiger partial charge < -0.3 is 9.73 Å². The number of hydrogen-bond donors (Lipinski definition) is 3. The molecule has 0 aromatic carbocycles. The standard InChI is InChI=1S/C12H20N4O3/c1-4-16(7-10(17)14-3)6-9-5-8(2)11(19-9)12(18)15-13/h5H,4,6-7,13H2,1-3H3,(H,14,17)(H,15,18). The van der Waals surface area contributed by atoms with Gasteiger partial charge in [0, 0.05) is 12.6 Å². The molecule has 0 saturated heterocycles. The van der Waals surface area contributed by atoms with Crippen LogP contribution in [0.15, 0.2) is 10.5 Å². The highest BCUT2D eigenvalue weighted by Gasteiger charge is 2.17. The molecule has 19 heavy (non-hydrogen) atoms. The molecular formula is C12H20N4O3. The molecule has 1 rings (SSSR count). The minimum Gasteiger partial charge on any atom is -0.454 e. The van der Waals surface area contributed by atoms with Gasteiger partial charge in [0.2, 0.25) is 5.91 Å². The van der Waals surface area contributed by atoms with Crippen LogP contribution in [0.3, 0.4) is 0 Å². The van der Waals surface area contributed by atoms with E-state index in [4.69, 9.17) is 10.3 Å². The van der Waals surface area contributed by atoms with Gasteiger partial charge in [-0.1, -0.05) is 6.92 Å². The molecule has 4 N–H and O–H groups in total. The Morgan fingerprint density at radius 2 is 2.16 bits per heavy atom. The Morgan fingerprint density at radius 3 is 2.68 bits per heavy atom. The number of likely N-dealkylation sites (N-methyl/N-ethyl adjacent to an activating group) is 2. The number of aryl methyl sites for hydroxylation is 1. The van der Waals surface area contributed by atoms with Gasteiger partial charge in [-0.25, -0.2) is 5.84 Å². The number of nitrogens with zero attached hydrogens (tertiary/aromatic N) is 1. The highest BCUT2D eigenvalue weighted by molar-refractivity contribution is 5.92. The minimum absolute atomic E-state index is 0.0648. The van der Waals surface area contributed by atoms with Gasteiger partial charge in [0.1, 0.15) is 5.76 Å². The molecule has 1 heterocycles. The van der Waals surface area contributed by atoms with Crippen LogP contribution in [0.5, 0.6) is 0 Å². The SMILES string of the molecule is CCN(CC(=O)NC)Cc1cc(C)c(C(=O)NN)o1. The molecule has 0 radical (unpaired) electrons. The zero-order valence-electron chi connectivity index (χ0n) is 11.4. The van der Waals surface area contributed by atoms with Crippen LogP contribution >= 0.6 is 0 Å².